The van der Waals surface area contributed by atoms with Gasteiger partial charge in [0, 0.05) is 16.6 Å². The van der Waals surface area contributed by atoms with Crippen molar-refractivity contribution in [1.82, 2.24) is 5.32 Å². The van der Waals surface area contributed by atoms with Crippen LogP contribution in [0.1, 0.15) is 36.0 Å². The monoisotopic (exact) mass is 357 g/mol. The Hall–Kier alpha value is -1.43. The van der Waals surface area contributed by atoms with Gasteiger partial charge in [-0.3, -0.25) is 9.59 Å². The summed E-state index contributed by atoms with van der Waals surface area (Å²) >= 11 is 3.15. The number of amides is 1. The van der Waals surface area contributed by atoms with E-state index in [4.69, 9.17) is 5.11 Å². The highest BCUT2D eigenvalue weighted by atomic mass is 79.9. The molecule has 1 aliphatic rings. The fourth-order valence-electron chi connectivity index (χ4n) is 2.64. The molecule has 21 heavy (non-hydrogen) atoms. The van der Waals surface area contributed by atoms with Crippen molar-refractivity contribution in [3.8, 4) is 0 Å². The largest absolute Gasteiger partial charge is 0.481 e. The molecule has 114 valence electrons. The third-order valence-electron chi connectivity index (χ3n) is 3.87. The molecule has 0 spiro atoms. The van der Waals surface area contributed by atoms with E-state index in [0.29, 0.717) is 29.8 Å². The minimum atomic E-state index is -0.734. The molecule has 2 rings (SSSR count). The van der Waals surface area contributed by atoms with Crippen molar-refractivity contribution in [2.75, 3.05) is 6.54 Å². The van der Waals surface area contributed by atoms with Crippen LogP contribution in [0.25, 0.3) is 0 Å². The van der Waals surface area contributed by atoms with Gasteiger partial charge < -0.3 is 10.4 Å². The molecule has 0 saturated heterocycles. The van der Waals surface area contributed by atoms with Crippen LogP contribution in [0.2, 0.25) is 0 Å². The summed E-state index contributed by atoms with van der Waals surface area (Å²) in [5.41, 5.74) is 0.279. The van der Waals surface area contributed by atoms with Crippen LogP contribution in [0.5, 0.6) is 0 Å². The van der Waals surface area contributed by atoms with Crippen molar-refractivity contribution < 1.29 is 19.1 Å². The van der Waals surface area contributed by atoms with Crippen molar-refractivity contribution in [3.05, 3.63) is 34.1 Å². The Balaban J connectivity index is 1.83. The summed E-state index contributed by atoms with van der Waals surface area (Å²) in [7, 11) is 0. The van der Waals surface area contributed by atoms with Gasteiger partial charge in [-0.25, -0.2) is 4.39 Å². The third-order valence-corrected chi connectivity index (χ3v) is 4.33. The molecule has 1 aromatic carbocycles. The molecule has 0 bridgehead atoms. The van der Waals surface area contributed by atoms with Gasteiger partial charge in [0.1, 0.15) is 5.82 Å². The zero-order valence-electron chi connectivity index (χ0n) is 11.4. The van der Waals surface area contributed by atoms with Crippen LogP contribution < -0.4 is 5.32 Å². The molecule has 1 amide bonds. The minimum absolute atomic E-state index is 0.254. The minimum Gasteiger partial charge on any atom is -0.481 e. The highest BCUT2D eigenvalue weighted by molar-refractivity contribution is 9.10. The molecule has 0 heterocycles. The smallest absolute Gasteiger partial charge is 0.306 e. The highest BCUT2D eigenvalue weighted by Gasteiger charge is 2.26. The van der Waals surface area contributed by atoms with Gasteiger partial charge in [-0.2, -0.15) is 0 Å². The van der Waals surface area contributed by atoms with Crippen LogP contribution in [0.15, 0.2) is 22.7 Å². The molecular weight excluding hydrogens is 341 g/mol. The summed E-state index contributed by atoms with van der Waals surface area (Å²) in [5, 5.41) is 11.7. The molecule has 4 nitrogen and oxygen atoms in total. The van der Waals surface area contributed by atoms with Crippen LogP contribution in [0.3, 0.4) is 0 Å². The maximum absolute atomic E-state index is 13.2. The molecule has 2 N–H and O–H groups in total. The second-order valence-electron chi connectivity index (χ2n) is 5.42. The van der Waals surface area contributed by atoms with Gasteiger partial charge in [0.2, 0.25) is 0 Å². The maximum atomic E-state index is 13.2. The Kier molecular flexibility index (Phi) is 5.33. The lowest BCUT2D eigenvalue weighted by Gasteiger charge is -2.26. The average Bonchev–Trinajstić information content (AvgIpc) is 2.44. The number of carboxylic acids is 1. The molecule has 1 fully saturated rings. The number of nitrogens with one attached hydrogen (secondary N) is 1. The number of carboxylic acid groups (broad SMARTS) is 1. The zero-order valence-corrected chi connectivity index (χ0v) is 13.0. The number of aliphatic carboxylic acids is 1. The molecule has 1 aliphatic carbocycles. The van der Waals surface area contributed by atoms with E-state index in [1.54, 1.807) is 6.07 Å². The van der Waals surface area contributed by atoms with Crippen molar-refractivity contribution in [2.24, 2.45) is 11.8 Å². The number of rotatable bonds is 4. The van der Waals surface area contributed by atoms with Crippen molar-refractivity contribution in [2.45, 2.75) is 25.7 Å². The van der Waals surface area contributed by atoms with E-state index in [1.165, 1.54) is 12.1 Å². The lowest BCUT2D eigenvalue weighted by atomic mass is 9.82. The first kappa shape index (κ1) is 15.9. The second kappa shape index (κ2) is 7.02. The molecule has 1 aromatic rings. The van der Waals surface area contributed by atoms with Gasteiger partial charge in [-0.1, -0.05) is 15.9 Å². The summed E-state index contributed by atoms with van der Waals surface area (Å²) in [6.07, 6.45) is 2.90. The van der Waals surface area contributed by atoms with Gasteiger partial charge in [0.25, 0.3) is 5.91 Å². The number of halogens is 2. The maximum Gasteiger partial charge on any atom is 0.306 e. The van der Waals surface area contributed by atoms with E-state index < -0.39 is 11.8 Å². The van der Waals surface area contributed by atoms with E-state index in [0.717, 1.165) is 12.8 Å². The average molecular weight is 358 g/mol. The third kappa shape index (κ3) is 4.52. The van der Waals surface area contributed by atoms with Crippen molar-refractivity contribution in [1.29, 1.82) is 0 Å². The quantitative estimate of drug-likeness (QED) is 0.869. The highest BCUT2D eigenvalue weighted by Crippen LogP contribution is 2.28. The normalized spacial score (nSPS) is 21.8. The van der Waals surface area contributed by atoms with Crippen LogP contribution >= 0.6 is 15.9 Å². The number of carbonyl (C=O) groups is 2. The molecule has 0 unspecified atom stereocenters. The predicted molar refractivity (Wildman–Crippen MR) is 79.5 cm³/mol. The zero-order chi connectivity index (χ0) is 15.4. The van der Waals surface area contributed by atoms with Gasteiger partial charge >= 0.3 is 5.97 Å². The second-order valence-corrected chi connectivity index (χ2v) is 6.34. The van der Waals surface area contributed by atoms with Gasteiger partial charge in [-0.05, 0) is 49.8 Å². The molecule has 0 aromatic heterocycles. The van der Waals surface area contributed by atoms with Gasteiger partial charge in [-0.15, -0.1) is 0 Å². The van der Waals surface area contributed by atoms with Gasteiger partial charge in [0.05, 0.1) is 5.92 Å². The summed E-state index contributed by atoms with van der Waals surface area (Å²) in [4.78, 5) is 22.8. The standard InChI is InChI=1S/C15H17BrFNO3/c16-12-5-11(6-13(17)7-12)14(19)18-8-9-1-3-10(4-2-9)15(20)21/h5-7,9-10H,1-4,8H2,(H,18,19)(H,20,21). The summed E-state index contributed by atoms with van der Waals surface area (Å²) in [5.74, 6) is -1.47. The van der Waals surface area contributed by atoms with Crippen LogP contribution in [0, 0.1) is 17.7 Å². The SMILES string of the molecule is O=C(NCC1CCC(C(=O)O)CC1)c1cc(F)cc(Br)c1. The molecule has 6 heteroatoms. The van der Waals surface area contributed by atoms with Crippen LogP contribution in [-0.4, -0.2) is 23.5 Å². The van der Waals surface area contributed by atoms with Crippen molar-refractivity contribution in [3.63, 3.8) is 0 Å². The molecule has 0 radical (unpaired) electrons. The Morgan fingerprint density at radius 3 is 2.48 bits per heavy atom. The Labute approximate surface area is 130 Å². The number of hydrogen-bond donors (Lipinski definition) is 2. The predicted octanol–water partition coefficient (Wildman–Crippen LogP) is 3.21. The first-order valence-electron chi connectivity index (χ1n) is 6.93. The number of hydrogen-bond acceptors (Lipinski definition) is 2. The van der Waals surface area contributed by atoms with E-state index in [9.17, 15) is 14.0 Å². The number of benzene rings is 1. The van der Waals surface area contributed by atoms with E-state index in [1.807, 2.05) is 0 Å². The summed E-state index contributed by atoms with van der Waals surface area (Å²) < 4.78 is 13.8. The lowest BCUT2D eigenvalue weighted by Crippen LogP contribution is -2.32. The van der Waals surface area contributed by atoms with Crippen LogP contribution in [0.4, 0.5) is 4.39 Å². The van der Waals surface area contributed by atoms with Crippen LogP contribution in [-0.2, 0) is 4.79 Å². The summed E-state index contributed by atoms with van der Waals surface area (Å²) in [6, 6.07) is 4.06. The van der Waals surface area contributed by atoms with Gasteiger partial charge in [0.15, 0.2) is 0 Å². The fraction of sp³-hybridized carbons (Fsp3) is 0.467. The van der Waals surface area contributed by atoms with Crippen molar-refractivity contribution >= 4 is 27.8 Å². The Bertz CT molecular complexity index is 521. The fourth-order valence-corrected chi connectivity index (χ4v) is 3.10. The first-order chi connectivity index (χ1) is 9.95. The molecule has 0 aliphatic heterocycles. The summed E-state index contributed by atoms with van der Waals surface area (Å²) in [6.45, 7) is 0.499. The first-order valence-corrected chi connectivity index (χ1v) is 7.72. The topological polar surface area (TPSA) is 66.4 Å². The lowest BCUT2D eigenvalue weighted by molar-refractivity contribution is -0.143. The molecule has 1 saturated carbocycles. The Morgan fingerprint density at radius 1 is 1.24 bits per heavy atom. The molecular formula is C15H17BrFNO3. The van der Waals surface area contributed by atoms with E-state index >= 15 is 0 Å². The molecule has 0 atom stereocenters. The Morgan fingerprint density at radius 2 is 1.90 bits per heavy atom. The number of carbonyl (C=O) groups excluding carboxylic acids is 1. The van der Waals surface area contributed by atoms with E-state index in [2.05, 4.69) is 21.2 Å². The van der Waals surface area contributed by atoms with E-state index in [-0.39, 0.29) is 17.4 Å².